The van der Waals surface area contributed by atoms with E-state index in [1.165, 1.54) is 7.11 Å². The van der Waals surface area contributed by atoms with Crippen LogP contribution in [-0.4, -0.2) is 39.0 Å². The van der Waals surface area contributed by atoms with E-state index in [0.29, 0.717) is 19.8 Å². The van der Waals surface area contributed by atoms with Crippen molar-refractivity contribution in [2.45, 2.75) is 20.0 Å². The molecule has 0 amide bonds. The predicted octanol–water partition coefficient (Wildman–Crippen LogP) is 0.601. The molecule has 0 aromatic heterocycles. The minimum absolute atomic E-state index is 0.355. The van der Waals surface area contributed by atoms with Crippen LogP contribution in [0, 0.1) is 0 Å². The summed E-state index contributed by atoms with van der Waals surface area (Å²) in [5.74, 6) is -0.355. The van der Waals surface area contributed by atoms with E-state index in [-0.39, 0.29) is 5.97 Å². The molecule has 1 atom stereocenters. The molecular weight excluding hydrogens is 160 g/mol. The third-order valence-corrected chi connectivity index (χ3v) is 1.33. The fourth-order valence-electron chi connectivity index (χ4n) is 0.662. The van der Waals surface area contributed by atoms with Crippen molar-refractivity contribution in [2.24, 2.45) is 0 Å². The second-order valence-electron chi connectivity index (χ2n) is 2.23. The Morgan fingerprint density at radius 2 is 2.08 bits per heavy atom. The van der Waals surface area contributed by atoms with Gasteiger partial charge >= 0.3 is 5.97 Å². The minimum Gasteiger partial charge on any atom is -0.467 e. The summed E-state index contributed by atoms with van der Waals surface area (Å²) >= 11 is 0. The summed E-state index contributed by atoms with van der Waals surface area (Å²) in [6.07, 6.45) is -0.504. The van der Waals surface area contributed by atoms with E-state index >= 15 is 0 Å². The monoisotopic (exact) mass is 176 g/mol. The molecule has 0 aromatic rings. The molecule has 4 heteroatoms. The van der Waals surface area contributed by atoms with Gasteiger partial charge in [-0.2, -0.15) is 0 Å². The molecule has 0 spiro atoms. The molecule has 0 N–H and O–H groups in total. The van der Waals surface area contributed by atoms with E-state index < -0.39 is 6.10 Å². The molecule has 0 saturated carbocycles. The van der Waals surface area contributed by atoms with Gasteiger partial charge in [0.2, 0.25) is 0 Å². The predicted molar refractivity (Wildman–Crippen MR) is 43.9 cm³/mol. The van der Waals surface area contributed by atoms with Crippen LogP contribution in [0.3, 0.4) is 0 Å². The molecule has 0 rings (SSSR count). The zero-order valence-corrected chi connectivity index (χ0v) is 7.83. The van der Waals surface area contributed by atoms with Crippen LogP contribution in [0.25, 0.3) is 0 Å². The summed E-state index contributed by atoms with van der Waals surface area (Å²) in [5.41, 5.74) is 0. The number of rotatable bonds is 6. The topological polar surface area (TPSA) is 44.8 Å². The van der Waals surface area contributed by atoms with E-state index in [4.69, 9.17) is 9.47 Å². The number of carbonyl (C=O) groups excluding carboxylic acids is 1. The highest BCUT2D eigenvalue weighted by molar-refractivity contribution is 5.73. The molecule has 0 aliphatic heterocycles. The Hall–Kier alpha value is -0.610. The van der Waals surface area contributed by atoms with E-state index in [9.17, 15) is 4.79 Å². The van der Waals surface area contributed by atoms with Crippen molar-refractivity contribution >= 4 is 5.97 Å². The van der Waals surface area contributed by atoms with Crippen LogP contribution in [0.4, 0.5) is 0 Å². The number of hydrogen-bond donors (Lipinski definition) is 0. The number of carbonyl (C=O) groups is 1. The summed E-state index contributed by atoms with van der Waals surface area (Å²) in [5, 5.41) is 0. The fourth-order valence-corrected chi connectivity index (χ4v) is 0.662. The van der Waals surface area contributed by atoms with Crippen molar-refractivity contribution < 1.29 is 19.0 Å². The van der Waals surface area contributed by atoms with Crippen LogP contribution >= 0.6 is 0 Å². The van der Waals surface area contributed by atoms with Crippen molar-refractivity contribution in [3.63, 3.8) is 0 Å². The van der Waals surface area contributed by atoms with Crippen molar-refractivity contribution in [1.29, 1.82) is 0 Å². The number of esters is 1. The Labute approximate surface area is 72.8 Å². The molecule has 0 aliphatic carbocycles. The molecule has 0 heterocycles. The fraction of sp³-hybridized carbons (Fsp3) is 0.875. The molecule has 0 aliphatic rings. The largest absolute Gasteiger partial charge is 0.467 e. The standard InChI is InChI=1S/C8H16O4/c1-4-11-5-6-12-7(2)8(9)10-3/h7H,4-6H2,1-3H3. The van der Waals surface area contributed by atoms with Crippen molar-refractivity contribution in [2.75, 3.05) is 26.9 Å². The van der Waals surface area contributed by atoms with Gasteiger partial charge in [-0.1, -0.05) is 0 Å². The van der Waals surface area contributed by atoms with Gasteiger partial charge in [-0.05, 0) is 13.8 Å². The maximum atomic E-state index is 10.8. The zero-order valence-electron chi connectivity index (χ0n) is 7.83. The van der Waals surface area contributed by atoms with Gasteiger partial charge in [0, 0.05) is 6.61 Å². The first-order chi connectivity index (χ1) is 5.72. The first-order valence-electron chi connectivity index (χ1n) is 3.99. The molecule has 72 valence electrons. The number of methoxy groups -OCH3 is 1. The lowest BCUT2D eigenvalue weighted by atomic mass is 10.4. The maximum absolute atomic E-state index is 10.8. The van der Waals surface area contributed by atoms with Gasteiger partial charge in [0.05, 0.1) is 20.3 Å². The highest BCUT2D eigenvalue weighted by Gasteiger charge is 2.12. The lowest BCUT2D eigenvalue weighted by Gasteiger charge is -2.09. The van der Waals surface area contributed by atoms with E-state index in [1.54, 1.807) is 6.92 Å². The van der Waals surface area contributed by atoms with Crippen LogP contribution < -0.4 is 0 Å². The van der Waals surface area contributed by atoms with Crippen LogP contribution in [0.2, 0.25) is 0 Å². The van der Waals surface area contributed by atoms with E-state index in [1.807, 2.05) is 6.92 Å². The van der Waals surface area contributed by atoms with Crippen LogP contribution in [-0.2, 0) is 19.0 Å². The Kier molecular flexibility index (Phi) is 6.70. The van der Waals surface area contributed by atoms with Crippen molar-refractivity contribution in [1.82, 2.24) is 0 Å². The first kappa shape index (κ1) is 11.4. The first-order valence-corrected chi connectivity index (χ1v) is 3.99. The third-order valence-electron chi connectivity index (χ3n) is 1.33. The Bertz CT molecular complexity index is 124. The van der Waals surface area contributed by atoms with E-state index in [0.717, 1.165) is 0 Å². The quantitative estimate of drug-likeness (QED) is 0.439. The number of ether oxygens (including phenoxy) is 3. The van der Waals surface area contributed by atoms with Gasteiger partial charge in [-0.3, -0.25) is 0 Å². The lowest BCUT2D eigenvalue weighted by Crippen LogP contribution is -2.23. The van der Waals surface area contributed by atoms with Gasteiger partial charge in [-0.15, -0.1) is 0 Å². The second kappa shape index (κ2) is 7.06. The van der Waals surface area contributed by atoms with Gasteiger partial charge in [0.25, 0.3) is 0 Å². The molecule has 0 aromatic carbocycles. The summed E-state index contributed by atoms with van der Waals surface area (Å²) < 4.78 is 14.6. The molecule has 0 fully saturated rings. The molecular formula is C8H16O4. The summed E-state index contributed by atoms with van der Waals surface area (Å²) in [6, 6.07) is 0. The highest BCUT2D eigenvalue weighted by Crippen LogP contribution is 1.92. The van der Waals surface area contributed by atoms with E-state index in [2.05, 4.69) is 4.74 Å². The van der Waals surface area contributed by atoms with Crippen LogP contribution in [0.15, 0.2) is 0 Å². The smallest absolute Gasteiger partial charge is 0.334 e. The molecule has 1 unspecified atom stereocenters. The van der Waals surface area contributed by atoms with Crippen LogP contribution in [0.5, 0.6) is 0 Å². The zero-order chi connectivity index (χ0) is 9.40. The van der Waals surface area contributed by atoms with Crippen molar-refractivity contribution in [3.05, 3.63) is 0 Å². The second-order valence-corrected chi connectivity index (χ2v) is 2.23. The normalized spacial score (nSPS) is 12.6. The van der Waals surface area contributed by atoms with Crippen LogP contribution in [0.1, 0.15) is 13.8 Å². The average Bonchev–Trinajstić information content (AvgIpc) is 2.10. The molecule has 12 heavy (non-hydrogen) atoms. The lowest BCUT2D eigenvalue weighted by molar-refractivity contribution is -0.153. The average molecular weight is 176 g/mol. The molecule has 4 nitrogen and oxygen atoms in total. The summed E-state index contributed by atoms with van der Waals surface area (Å²) in [7, 11) is 1.34. The maximum Gasteiger partial charge on any atom is 0.334 e. The Morgan fingerprint density at radius 1 is 1.42 bits per heavy atom. The Balaban J connectivity index is 3.31. The van der Waals surface area contributed by atoms with Gasteiger partial charge < -0.3 is 14.2 Å². The highest BCUT2D eigenvalue weighted by atomic mass is 16.6. The molecule has 0 saturated heterocycles. The van der Waals surface area contributed by atoms with Gasteiger partial charge in [0.15, 0.2) is 6.10 Å². The third kappa shape index (κ3) is 5.09. The molecule has 0 radical (unpaired) electrons. The summed E-state index contributed by atoms with van der Waals surface area (Å²) in [4.78, 5) is 10.8. The van der Waals surface area contributed by atoms with Crippen molar-refractivity contribution in [3.8, 4) is 0 Å². The summed E-state index contributed by atoms with van der Waals surface area (Å²) in [6.45, 7) is 5.15. The van der Waals surface area contributed by atoms with Gasteiger partial charge in [0.1, 0.15) is 0 Å². The van der Waals surface area contributed by atoms with Gasteiger partial charge in [-0.25, -0.2) is 4.79 Å². The molecule has 0 bridgehead atoms. The Morgan fingerprint density at radius 3 is 2.58 bits per heavy atom. The minimum atomic E-state index is -0.504. The SMILES string of the molecule is CCOCCOC(C)C(=O)OC. The number of hydrogen-bond acceptors (Lipinski definition) is 4.